The minimum absolute atomic E-state index is 0.379. The van der Waals surface area contributed by atoms with E-state index in [1.165, 1.54) is 21.1 Å². The Morgan fingerprint density at radius 3 is 2.19 bits per heavy atom. The van der Waals surface area contributed by atoms with Crippen LogP contribution in [-0.4, -0.2) is 56.0 Å². The number of carbonyl (C=O) groups excluding carboxylic acids is 1. The van der Waals surface area contributed by atoms with Crippen molar-refractivity contribution >= 4 is 5.97 Å². The fraction of sp³-hybridized carbons (Fsp3) is 0.900. The lowest BCUT2D eigenvalue weighted by Gasteiger charge is -2.41. The van der Waals surface area contributed by atoms with E-state index in [1.807, 2.05) is 0 Å². The molecule has 0 bridgehead atoms. The van der Waals surface area contributed by atoms with Crippen LogP contribution in [0.1, 0.15) is 13.8 Å². The van der Waals surface area contributed by atoms with Crippen LogP contribution in [0.15, 0.2) is 0 Å². The zero-order valence-electron chi connectivity index (χ0n) is 9.88. The zero-order chi connectivity index (χ0) is 12.3. The van der Waals surface area contributed by atoms with Crippen molar-refractivity contribution in [1.82, 2.24) is 0 Å². The molecule has 1 aliphatic heterocycles. The zero-order valence-corrected chi connectivity index (χ0v) is 9.88. The van der Waals surface area contributed by atoms with Crippen LogP contribution in [-0.2, 0) is 23.7 Å². The summed E-state index contributed by atoms with van der Waals surface area (Å²) in [6.45, 7) is 3.03. The van der Waals surface area contributed by atoms with Gasteiger partial charge in [0.1, 0.15) is 12.2 Å². The lowest BCUT2D eigenvalue weighted by molar-refractivity contribution is -0.290. The molecule has 1 rings (SSSR count). The van der Waals surface area contributed by atoms with Gasteiger partial charge in [-0.2, -0.15) is 0 Å². The second kappa shape index (κ2) is 5.58. The van der Waals surface area contributed by atoms with Crippen molar-refractivity contribution in [3.63, 3.8) is 0 Å². The standard InChI is InChI=1S/C10H18O6/c1-5-7(13-3)8(16-6(2)11)9(14-4)10(12)15-5/h5,7-10,12H,1-4H3/t5-,7+,8+,9-,10-/m0/s1. The molecule has 0 unspecified atom stereocenters. The number of rotatable bonds is 3. The number of methoxy groups -OCH3 is 2. The summed E-state index contributed by atoms with van der Waals surface area (Å²) in [4.78, 5) is 11.0. The van der Waals surface area contributed by atoms with E-state index in [1.54, 1.807) is 6.92 Å². The summed E-state index contributed by atoms with van der Waals surface area (Å²) >= 11 is 0. The number of ether oxygens (including phenoxy) is 4. The smallest absolute Gasteiger partial charge is 0.303 e. The predicted octanol–water partition coefficient (Wildman–Crippen LogP) is -0.315. The molecule has 1 fully saturated rings. The van der Waals surface area contributed by atoms with Crippen molar-refractivity contribution in [2.75, 3.05) is 14.2 Å². The average molecular weight is 234 g/mol. The van der Waals surface area contributed by atoms with Gasteiger partial charge in [0.15, 0.2) is 12.4 Å². The molecule has 0 saturated carbocycles. The minimum Gasteiger partial charge on any atom is -0.457 e. The molecule has 94 valence electrons. The van der Waals surface area contributed by atoms with Crippen LogP contribution in [0, 0.1) is 0 Å². The van der Waals surface area contributed by atoms with E-state index in [0.717, 1.165) is 0 Å². The van der Waals surface area contributed by atoms with Crippen LogP contribution < -0.4 is 0 Å². The monoisotopic (exact) mass is 234 g/mol. The summed E-state index contributed by atoms with van der Waals surface area (Å²) in [5, 5.41) is 9.64. The maximum Gasteiger partial charge on any atom is 0.303 e. The van der Waals surface area contributed by atoms with E-state index < -0.39 is 30.6 Å². The first-order valence-corrected chi connectivity index (χ1v) is 5.07. The molecular weight excluding hydrogens is 216 g/mol. The molecule has 6 nitrogen and oxygen atoms in total. The highest BCUT2D eigenvalue weighted by atomic mass is 16.7. The van der Waals surface area contributed by atoms with E-state index in [2.05, 4.69) is 0 Å². The predicted molar refractivity (Wildman–Crippen MR) is 53.7 cm³/mol. The van der Waals surface area contributed by atoms with Gasteiger partial charge in [-0.15, -0.1) is 0 Å². The molecule has 1 aliphatic rings. The summed E-state index contributed by atoms with van der Waals surface area (Å²) in [6, 6.07) is 0. The normalized spacial score (nSPS) is 39.4. The molecule has 5 atom stereocenters. The van der Waals surface area contributed by atoms with E-state index in [4.69, 9.17) is 18.9 Å². The van der Waals surface area contributed by atoms with E-state index in [9.17, 15) is 9.90 Å². The van der Waals surface area contributed by atoms with Crippen LogP contribution in [0.25, 0.3) is 0 Å². The molecule has 1 N–H and O–H groups in total. The van der Waals surface area contributed by atoms with E-state index >= 15 is 0 Å². The molecule has 16 heavy (non-hydrogen) atoms. The van der Waals surface area contributed by atoms with Crippen molar-refractivity contribution in [2.45, 2.75) is 44.6 Å². The van der Waals surface area contributed by atoms with Gasteiger partial charge in [-0.3, -0.25) is 4.79 Å². The Bertz CT molecular complexity index is 227. The number of hydrogen-bond acceptors (Lipinski definition) is 6. The topological polar surface area (TPSA) is 74.2 Å². The highest BCUT2D eigenvalue weighted by Gasteiger charge is 2.46. The molecule has 0 aromatic heterocycles. The SMILES string of the molecule is CO[C@H]1[C@@H](OC(C)=O)[C@H](OC)[C@@H](O)O[C@H]1C. The quantitative estimate of drug-likeness (QED) is 0.675. The summed E-state index contributed by atoms with van der Waals surface area (Å²) in [5.74, 6) is -0.449. The van der Waals surface area contributed by atoms with E-state index in [0.29, 0.717) is 0 Å². The van der Waals surface area contributed by atoms with Gasteiger partial charge < -0.3 is 24.1 Å². The molecule has 0 radical (unpaired) electrons. The Kier molecular flexibility index (Phi) is 4.67. The fourth-order valence-electron chi connectivity index (χ4n) is 1.89. The van der Waals surface area contributed by atoms with E-state index in [-0.39, 0.29) is 6.10 Å². The molecule has 0 spiro atoms. The Balaban J connectivity index is 2.85. The number of aliphatic hydroxyl groups is 1. The van der Waals surface area contributed by atoms with Crippen molar-refractivity contribution < 1.29 is 28.8 Å². The lowest BCUT2D eigenvalue weighted by Crippen LogP contribution is -2.59. The van der Waals surface area contributed by atoms with Gasteiger partial charge in [-0.1, -0.05) is 0 Å². The van der Waals surface area contributed by atoms with Crippen molar-refractivity contribution in [1.29, 1.82) is 0 Å². The summed E-state index contributed by atoms with van der Waals surface area (Å²) in [6.07, 6.45) is -3.39. The van der Waals surface area contributed by atoms with Gasteiger partial charge in [0.2, 0.25) is 0 Å². The molecule has 1 saturated heterocycles. The van der Waals surface area contributed by atoms with Crippen LogP contribution in [0.2, 0.25) is 0 Å². The first-order valence-electron chi connectivity index (χ1n) is 5.07. The Labute approximate surface area is 94.4 Å². The number of hydrogen-bond donors (Lipinski definition) is 1. The fourth-order valence-corrected chi connectivity index (χ4v) is 1.89. The van der Waals surface area contributed by atoms with Crippen molar-refractivity contribution in [2.24, 2.45) is 0 Å². The van der Waals surface area contributed by atoms with Gasteiger partial charge in [-0.25, -0.2) is 0 Å². The minimum atomic E-state index is -1.13. The van der Waals surface area contributed by atoms with Gasteiger partial charge in [0, 0.05) is 21.1 Å². The van der Waals surface area contributed by atoms with Gasteiger partial charge in [0.05, 0.1) is 6.10 Å². The number of aliphatic hydroxyl groups excluding tert-OH is 1. The molecule has 0 aliphatic carbocycles. The summed E-state index contributed by atoms with van der Waals surface area (Å²) in [7, 11) is 2.90. The molecule has 6 heteroatoms. The maximum absolute atomic E-state index is 11.0. The van der Waals surface area contributed by atoms with Crippen molar-refractivity contribution in [3.8, 4) is 0 Å². The van der Waals surface area contributed by atoms with Crippen LogP contribution in [0.3, 0.4) is 0 Å². The summed E-state index contributed by atoms with van der Waals surface area (Å²) < 4.78 is 20.6. The first-order chi connectivity index (χ1) is 7.51. The first kappa shape index (κ1) is 13.4. The maximum atomic E-state index is 11.0. The van der Waals surface area contributed by atoms with Crippen LogP contribution >= 0.6 is 0 Å². The third-order valence-corrected chi connectivity index (χ3v) is 2.59. The molecule has 0 amide bonds. The third-order valence-electron chi connectivity index (χ3n) is 2.59. The Hall–Kier alpha value is -0.690. The van der Waals surface area contributed by atoms with Crippen LogP contribution in [0.5, 0.6) is 0 Å². The molecular formula is C10H18O6. The van der Waals surface area contributed by atoms with Gasteiger partial charge in [0.25, 0.3) is 0 Å². The number of carbonyl (C=O) groups is 1. The second-order valence-electron chi connectivity index (χ2n) is 3.71. The van der Waals surface area contributed by atoms with Crippen LogP contribution in [0.4, 0.5) is 0 Å². The second-order valence-corrected chi connectivity index (χ2v) is 3.71. The lowest BCUT2D eigenvalue weighted by atomic mass is 9.99. The average Bonchev–Trinajstić information content (AvgIpc) is 2.17. The van der Waals surface area contributed by atoms with Crippen molar-refractivity contribution in [3.05, 3.63) is 0 Å². The number of esters is 1. The highest BCUT2D eigenvalue weighted by molar-refractivity contribution is 5.66. The van der Waals surface area contributed by atoms with Gasteiger partial charge >= 0.3 is 5.97 Å². The Morgan fingerprint density at radius 2 is 1.75 bits per heavy atom. The van der Waals surface area contributed by atoms with Gasteiger partial charge in [-0.05, 0) is 6.92 Å². The summed E-state index contributed by atoms with van der Waals surface area (Å²) in [5.41, 5.74) is 0. The molecule has 0 aromatic carbocycles. The molecule has 0 aromatic rings. The highest BCUT2D eigenvalue weighted by Crippen LogP contribution is 2.26. The third kappa shape index (κ3) is 2.70. The Morgan fingerprint density at radius 1 is 1.19 bits per heavy atom. The molecule has 1 heterocycles. The largest absolute Gasteiger partial charge is 0.457 e.